The molecule has 8 heteroatoms. The van der Waals surface area contributed by atoms with Gasteiger partial charge in [0.25, 0.3) is 0 Å². The van der Waals surface area contributed by atoms with Crippen LogP contribution in [0.15, 0.2) is 54.6 Å². The van der Waals surface area contributed by atoms with Gasteiger partial charge in [0.15, 0.2) is 5.82 Å². The number of carboxylic acid groups (broad SMARTS) is 1. The molecule has 1 fully saturated rings. The van der Waals surface area contributed by atoms with Crippen LogP contribution in [0.1, 0.15) is 11.7 Å². The summed E-state index contributed by atoms with van der Waals surface area (Å²) in [4.78, 5) is 12.5. The zero-order chi connectivity index (χ0) is 19.5. The fraction of sp³-hybridized carbons (Fsp3) is 0.200. The summed E-state index contributed by atoms with van der Waals surface area (Å²) in [6.07, 6.45) is -1.19. The molecule has 0 saturated carbocycles. The van der Waals surface area contributed by atoms with Crippen LogP contribution < -0.4 is 5.32 Å². The Balaban J connectivity index is 1.45. The molecule has 3 aromatic rings. The number of nitrogens with one attached hydrogen (secondary N) is 2. The van der Waals surface area contributed by atoms with Crippen molar-refractivity contribution in [3.05, 3.63) is 66.0 Å². The maximum Gasteiger partial charge on any atom is 0.407 e. The number of rotatable bonds is 4. The van der Waals surface area contributed by atoms with Crippen LogP contribution in [0.2, 0.25) is 0 Å². The van der Waals surface area contributed by atoms with E-state index in [9.17, 15) is 9.18 Å². The summed E-state index contributed by atoms with van der Waals surface area (Å²) in [6.45, 7) is 1.10. The summed E-state index contributed by atoms with van der Waals surface area (Å²) in [5, 5.41) is 19.5. The number of hydrogen-bond donors (Lipinski definition) is 3. The third-order valence-corrected chi connectivity index (χ3v) is 4.62. The molecule has 1 saturated heterocycles. The number of hydrogen-bond acceptors (Lipinski definition) is 4. The second-order valence-electron chi connectivity index (χ2n) is 6.51. The topological polar surface area (TPSA) is 90.5 Å². The summed E-state index contributed by atoms with van der Waals surface area (Å²) in [5.41, 5.74) is 3.44. The summed E-state index contributed by atoms with van der Waals surface area (Å²) in [5.74, 6) is 0.333. The van der Waals surface area contributed by atoms with Crippen LogP contribution >= 0.6 is 0 Å². The number of aromatic nitrogens is 2. The van der Waals surface area contributed by atoms with Gasteiger partial charge in [0.2, 0.25) is 0 Å². The highest BCUT2D eigenvalue weighted by atomic mass is 19.1. The first-order valence-electron chi connectivity index (χ1n) is 8.86. The second kappa shape index (κ2) is 7.69. The fourth-order valence-corrected chi connectivity index (χ4v) is 3.12. The Morgan fingerprint density at radius 3 is 2.68 bits per heavy atom. The van der Waals surface area contributed by atoms with E-state index in [1.54, 1.807) is 12.1 Å². The van der Waals surface area contributed by atoms with Crippen LogP contribution in [0.3, 0.4) is 0 Å². The molecule has 0 aliphatic carbocycles. The monoisotopic (exact) mass is 382 g/mol. The molecule has 7 nitrogen and oxygen atoms in total. The molecule has 0 spiro atoms. The molecule has 1 aromatic heterocycles. The van der Waals surface area contributed by atoms with Crippen LogP contribution in [-0.2, 0) is 4.74 Å². The molecule has 1 aliphatic heterocycles. The Morgan fingerprint density at radius 1 is 1.21 bits per heavy atom. The van der Waals surface area contributed by atoms with Gasteiger partial charge < -0.3 is 20.1 Å². The molecule has 1 atom stereocenters. The number of nitrogens with zero attached hydrogens (tertiary/aromatic N) is 2. The molecule has 1 unspecified atom stereocenters. The molecule has 1 amide bonds. The molecule has 2 aromatic carbocycles. The number of morpholine rings is 1. The first-order valence-corrected chi connectivity index (χ1v) is 8.86. The van der Waals surface area contributed by atoms with Crippen molar-refractivity contribution >= 4 is 17.6 Å². The number of ether oxygens (including phenoxy) is 1. The second-order valence-corrected chi connectivity index (χ2v) is 6.51. The molecular formula is C20H19FN4O3. The third kappa shape index (κ3) is 3.96. The Hall–Kier alpha value is -3.39. The quantitative estimate of drug-likeness (QED) is 0.634. The molecule has 28 heavy (non-hydrogen) atoms. The number of halogens is 1. The molecule has 0 radical (unpaired) electrons. The zero-order valence-electron chi connectivity index (χ0n) is 14.9. The summed E-state index contributed by atoms with van der Waals surface area (Å²) in [7, 11) is 0. The van der Waals surface area contributed by atoms with Gasteiger partial charge in [-0.1, -0.05) is 24.3 Å². The van der Waals surface area contributed by atoms with Crippen molar-refractivity contribution in [2.45, 2.75) is 6.10 Å². The van der Waals surface area contributed by atoms with Crippen LogP contribution in [0.4, 0.5) is 20.7 Å². The van der Waals surface area contributed by atoms with Crippen molar-refractivity contribution in [2.75, 3.05) is 25.0 Å². The normalized spacial score (nSPS) is 16.8. The maximum absolute atomic E-state index is 13.0. The highest BCUT2D eigenvalue weighted by molar-refractivity contribution is 5.66. The van der Waals surface area contributed by atoms with E-state index in [0.29, 0.717) is 25.5 Å². The highest BCUT2D eigenvalue weighted by Crippen LogP contribution is 2.27. The van der Waals surface area contributed by atoms with Gasteiger partial charge in [-0.25, -0.2) is 9.18 Å². The SMILES string of the molecule is O=C(O)N1CCOC(c2ccc(-c3cc(Nc4ccc(F)cc4)n[nH]3)cc2)C1. The van der Waals surface area contributed by atoms with Crippen LogP contribution in [-0.4, -0.2) is 46.0 Å². The lowest BCUT2D eigenvalue weighted by atomic mass is 10.0. The zero-order valence-corrected chi connectivity index (χ0v) is 14.9. The number of H-pyrrole nitrogens is 1. The number of benzene rings is 2. The van der Waals surface area contributed by atoms with Crippen LogP contribution in [0.25, 0.3) is 11.3 Å². The summed E-state index contributed by atoms with van der Waals surface area (Å²) < 4.78 is 18.7. The van der Waals surface area contributed by atoms with E-state index in [0.717, 1.165) is 22.5 Å². The van der Waals surface area contributed by atoms with E-state index in [1.807, 2.05) is 30.3 Å². The van der Waals surface area contributed by atoms with Gasteiger partial charge in [0.05, 0.1) is 18.8 Å². The average molecular weight is 382 g/mol. The van der Waals surface area contributed by atoms with E-state index in [-0.39, 0.29) is 11.9 Å². The van der Waals surface area contributed by atoms with Crippen molar-refractivity contribution in [3.63, 3.8) is 0 Å². The van der Waals surface area contributed by atoms with E-state index >= 15 is 0 Å². The smallest absolute Gasteiger partial charge is 0.407 e. The number of amides is 1. The number of aromatic amines is 1. The van der Waals surface area contributed by atoms with Gasteiger partial charge in [-0.05, 0) is 35.4 Å². The van der Waals surface area contributed by atoms with E-state index < -0.39 is 6.09 Å². The average Bonchev–Trinajstić information content (AvgIpc) is 3.18. The lowest BCUT2D eigenvalue weighted by Crippen LogP contribution is -2.41. The number of anilines is 2. The van der Waals surface area contributed by atoms with Gasteiger partial charge in [0, 0.05) is 18.3 Å². The van der Waals surface area contributed by atoms with Gasteiger partial charge in [-0.2, -0.15) is 5.10 Å². The molecule has 0 bridgehead atoms. The molecule has 2 heterocycles. The van der Waals surface area contributed by atoms with Gasteiger partial charge in [-0.15, -0.1) is 0 Å². The van der Waals surface area contributed by atoms with Crippen molar-refractivity contribution in [1.29, 1.82) is 0 Å². The van der Waals surface area contributed by atoms with E-state index in [2.05, 4.69) is 15.5 Å². The standard InChI is InChI=1S/C20H19FN4O3/c21-15-5-7-16(8-6-15)22-19-11-17(23-24-19)13-1-3-14(4-2-13)18-12-25(20(26)27)9-10-28-18/h1-8,11,18H,9-10,12H2,(H,26,27)(H2,22,23,24). The van der Waals surface area contributed by atoms with Crippen LogP contribution in [0.5, 0.6) is 0 Å². The summed E-state index contributed by atoms with van der Waals surface area (Å²) in [6, 6.07) is 15.6. The first-order chi connectivity index (χ1) is 13.6. The lowest BCUT2D eigenvalue weighted by molar-refractivity contribution is -0.0231. The third-order valence-electron chi connectivity index (χ3n) is 4.62. The van der Waals surface area contributed by atoms with Crippen molar-refractivity contribution in [1.82, 2.24) is 15.1 Å². The van der Waals surface area contributed by atoms with E-state index in [4.69, 9.17) is 9.84 Å². The predicted molar refractivity (Wildman–Crippen MR) is 102 cm³/mol. The highest BCUT2D eigenvalue weighted by Gasteiger charge is 2.24. The van der Waals surface area contributed by atoms with Crippen molar-refractivity contribution < 1.29 is 19.0 Å². The molecule has 3 N–H and O–H groups in total. The Bertz CT molecular complexity index is 956. The largest absolute Gasteiger partial charge is 0.465 e. The predicted octanol–water partition coefficient (Wildman–Crippen LogP) is 4.01. The Morgan fingerprint density at radius 2 is 1.96 bits per heavy atom. The Kier molecular flexibility index (Phi) is 4.94. The van der Waals surface area contributed by atoms with Gasteiger partial charge >= 0.3 is 6.09 Å². The lowest BCUT2D eigenvalue weighted by Gasteiger charge is -2.31. The number of carbonyl (C=O) groups is 1. The maximum atomic E-state index is 13.0. The van der Waals surface area contributed by atoms with Gasteiger partial charge in [0.1, 0.15) is 11.9 Å². The minimum atomic E-state index is -0.927. The minimum Gasteiger partial charge on any atom is -0.465 e. The molecule has 1 aliphatic rings. The molecular weight excluding hydrogens is 363 g/mol. The first kappa shape index (κ1) is 18.0. The molecule has 4 rings (SSSR count). The minimum absolute atomic E-state index is 0.267. The summed E-state index contributed by atoms with van der Waals surface area (Å²) >= 11 is 0. The van der Waals surface area contributed by atoms with Gasteiger partial charge in [-0.3, -0.25) is 5.10 Å². The van der Waals surface area contributed by atoms with Crippen molar-refractivity contribution in [2.24, 2.45) is 0 Å². The fourth-order valence-electron chi connectivity index (χ4n) is 3.12. The van der Waals surface area contributed by atoms with E-state index in [1.165, 1.54) is 17.0 Å². The van der Waals surface area contributed by atoms with Crippen molar-refractivity contribution in [3.8, 4) is 11.3 Å². The molecule has 144 valence electrons. The van der Waals surface area contributed by atoms with Crippen LogP contribution in [0, 0.1) is 5.82 Å². The Labute approximate surface area is 160 Å².